The van der Waals surface area contributed by atoms with Gasteiger partial charge in [-0.2, -0.15) is 0 Å². The van der Waals surface area contributed by atoms with Crippen molar-refractivity contribution in [2.24, 2.45) is 0 Å². The first kappa shape index (κ1) is 26.5. The van der Waals surface area contributed by atoms with Gasteiger partial charge >= 0.3 is 6.09 Å². The van der Waals surface area contributed by atoms with Gasteiger partial charge in [0.25, 0.3) is 0 Å². The van der Waals surface area contributed by atoms with Crippen LogP contribution in [-0.4, -0.2) is 57.7 Å². The molecule has 1 N–H and O–H groups in total. The summed E-state index contributed by atoms with van der Waals surface area (Å²) in [5.74, 6) is 0.606. The molecule has 164 valence electrons. The lowest BCUT2D eigenvalue weighted by atomic mass is 10.1. The van der Waals surface area contributed by atoms with Crippen LogP contribution in [0.15, 0.2) is 0 Å². The fourth-order valence-corrected chi connectivity index (χ4v) is 2.64. The van der Waals surface area contributed by atoms with Crippen LogP contribution in [0.2, 0.25) is 0 Å². The van der Waals surface area contributed by atoms with Crippen molar-refractivity contribution in [2.75, 3.05) is 40.1 Å². The summed E-state index contributed by atoms with van der Waals surface area (Å²) in [6.07, 6.45) is 8.12. The summed E-state index contributed by atoms with van der Waals surface area (Å²) in [6.45, 7) is 4.94. The van der Waals surface area contributed by atoms with E-state index in [0.717, 1.165) is 44.9 Å². The predicted octanol–water partition coefficient (Wildman–Crippen LogP) is 3.82. The number of Topliss-reactive ketones (excluding diaryl/α,β-unsaturated/α-hetero) is 2. The molecule has 0 aromatic heterocycles. The molecule has 7 nitrogen and oxygen atoms in total. The molecule has 28 heavy (non-hydrogen) atoms. The fourth-order valence-electron chi connectivity index (χ4n) is 2.64. The van der Waals surface area contributed by atoms with Crippen molar-refractivity contribution >= 4 is 17.7 Å². The lowest BCUT2D eigenvalue weighted by Crippen LogP contribution is -2.23. The molecule has 0 aliphatic carbocycles. The maximum Gasteiger partial charge on any atom is 0.406 e. The molecule has 0 aromatic rings. The van der Waals surface area contributed by atoms with E-state index in [1.807, 2.05) is 6.92 Å². The highest BCUT2D eigenvalue weighted by Crippen LogP contribution is 2.05. The van der Waals surface area contributed by atoms with Crippen LogP contribution in [0.1, 0.15) is 77.6 Å². The third-order valence-corrected chi connectivity index (χ3v) is 4.23. The molecular formula is C21H39NO6. The molecule has 1 amide bonds. The summed E-state index contributed by atoms with van der Waals surface area (Å²) in [4.78, 5) is 34.0. The molecule has 7 heteroatoms. The number of carbonyl (C=O) groups excluding carboxylic acids is 3. The monoisotopic (exact) mass is 401 g/mol. The quantitative estimate of drug-likeness (QED) is 0.312. The highest BCUT2D eigenvalue weighted by atomic mass is 16.5. The Labute approximate surface area is 169 Å². The Morgan fingerprint density at radius 2 is 1.25 bits per heavy atom. The van der Waals surface area contributed by atoms with Crippen LogP contribution in [0.3, 0.4) is 0 Å². The van der Waals surface area contributed by atoms with Gasteiger partial charge in [-0.25, -0.2) is 4.79 Å². The maximum absolute atomic E-state index is 11.8. The lowest BCUT2D eigenvalue weighted by Gasteiger charge is -2.06. The van der Waals surface area contributed by atoms with Crippen molar-refractivity contribution in [3.05, 3.63) is 0 Å². The number of hydrogen-bond acceptors (Lipinski definition) is 6. The second-order valence-electron chi connectivity index (χ2n) is 6.84. The zero-order valence-electron chi connectivity index (χ0n) is 17.8. The summed E-state index contributed by atoms with van der Waals surface area (Å²) in [7, 11) is 1.34. The molecule has 0 aromatic carbocycles. The van der Waals surface area contributed by atoms with E-state index in [1.165, 1.54) is 7.11 Å². The Morgan fingerprint density at radius 1 is 0.679 bits per heavy atom. The molecule has 0 rings (SSSR count). The van der Waals surface area contributed by atoms with Gasteiger partial charge < -0.3 is 19.5 Å². The minimum absolute atomic E-state index is 0.293. The fraction of sp³-hybridized carbons (Fsp3) is 0.857. The number of ether oxygens (including phenoxy) is 3. The molecule has 0 fully saturated rings. The second-order valence-corrected chi connectivity index (χ2v) is 6.84. The Balaban J connectivity index is 3.24. The van der Waals surface area contributed by atoms with E-state index in [1.54, 1.807) is 0 Å². The summed E-state index contributed by atoms with van der Waals surface area (Å²) in [5, 5.41) is 2.62. The SMILES string of the molecule is CCCC(=O)CCCOCCOCCCCC(=O)CCCCCNC(=O)OC. The van der Waals surface area contributed by atoms with Gasteiger partial charge in [0.1, 0.15) is 11.6 Å². The first-order valence-electron chi connectivity index (χ1n) is 10.6. The topological polar surface area (TPSA) is 90.9 Å². The number of unbranched alkanes of at least 4 members (excludes halogenated alkanes) is 3. The van der Waals surface area contributed by atoms with Crippen LogP contribution in [0.5, 0.6) is 0 Å². The minimum Gasteiger partial charge on any atom is -0.453 e. The molecule has 0 saturated carbocycles. The number of amides is 1. The van der Waals surface area contributed by atoms with Crippen molar-refractivity contribution in [1.29, 1.82) is 0 Å². The molecule has 0 radical (unpaired) electrons. The van der Waals surface area contributed by atoms with Gasteiger partial charge in [0.05, 0.1) is 20.3 Å². The average Bonchev–Trinajstić information content (AvgIpc) is 2.68. The molecule has 0 unspecified atom stereocenters. The van der Waals surface area contributed by atoms with Crippen LogP contribution >= 0.6 is 0 Å². The molecule has 0 aliphatic rings. The molecular weight excluding hydrogens is 362 g/mol. The van der Waals surface area contributed by atoms with E-state index in [2.05, 4.69) is 10.1 Å². The van der Waals surface area contributed by atoms with E-state index >= 15 is 0 Å². The highest BCUT2D eigenvalue weighted by molar-refractivity contribution is 5.78. The Bertz CT molecular complexity index is 414. The second kappa shape index (κ2) is 20.3. The number of methoxy groups -OCH3 is 1. The van der Waals surface area contributed by atoms with Gasteiger partial charge in [-0.3, -0.25) is 9.59 Å². The first-order valence-corrected chi connectivity index (χ1v) is 10.6. The summed E-state index contributed by atoms with van der Waals surface area (Å²) in [6, 6.07) is 0. The van der Waals surface area contributed by atoms with Crippen molar-refractivity contribution in [1.82, 2.24) is 5.32 Å². The van der Waals surface area contributed by atoms with E-state index in [-0.39, 0.29) is 0 Å². The zero-order chi connectivity index (χ0) is 20.9. The van der Waals surface area contributed by atoms with Crippen molar-refractivity contribution in [3.63, 3.8) is 0 Å². The van der Waals surface area contributed by atoms with Gasteiger partial charge in [0.2, 0.25) is 0 Å². The van der Waals surface area contributed by atoms with E-state index < -0.39 is 6.09 Å². The first-order chi connectivity index (χ1) is 13.6. The molecule has 0 saturated heterocycles. The third-order valence-electron chi connectivity index (χ3n) is 4.23. The molecule has 0 atom stereocenters. The summed E-state index contributed by atoms with van der Waals surface area (Å²) < 4.78 is 15.4. The highest BCUT2D eigenvalue weighted by Gasteiger charge is 2.03. The predicted molar refractivity (Wildman–Crippen MR) is 109 cm³/mol. The molecule has 0 heterocycles. The van der Waals surface area contributed by atoms with E-state index in [9.17, 15) is 14.4 Å². The summed E-state index contributed by atoms with van der Waals surface area (Å²) in [5.41, 5.74) is 0. The lowest BCUT2D eigenvalue weighted by molar-refractivity contribution is -0.120. The van der Waals surface area contributed by atoms with E-state index in [0.29, 0.717) is 70.2 Å². The Kier molecular flexibility index (Phi) is 19.2. The molecule has 0 aliphatic heterocycles. The van der Waals surface area contributed by atoms with Crippen molar-refractivity contribution in [3.8, 4) is 0 Å². The number of hydrogen-bond donors (Lipinski definition) is 1. The van der Waals surface area contributed by atoms with E-state index in [4.69, 9.17) is 9.47 Å². The number of rotatable bonds is 20. The normalized spacial score (nSPS) is 10.6. The van der Waals surface area contributed by atoms with Crippen molar-refractivity contribution in [2.45, 2.75) is 77.6 Å². The minimum atomic E-state index is -0.413. The summed E-state index contributed by atoms with van der Waals surface area (Å²) >= 11 is 0. The van der Waals surface area contributed by atoms with Gasteiger partial charge in [-0.05, 0) is 38.5 Å². The number of nitrogens with one attached hydrogen (secondary N) is 1. The van der Waals surface area contributed by atoms with Gasteiger partial charge in [0, 0.05) is 45.4 Å². The van der Waals surface area contributed by atoms with Gasteiger partial charge in [-0.15, -0.1) is 0 Å². The standard InChI is InChI=1S/C21H39NO6/c1-3-10-19(23)13-9-16-28-18-17-27-15-8-6-12-20(24)11-5-4-7-14-22-21(25)26-2/h3-18H2,1-2H3,(H,22,25). The Morgan fingerprint density at radius 3 is 1.89 bits per heavy atom. The molecule has 0 spiro atoms. The Hall–Kier alpha value is -1.47. The number of ketones is 2. The van der Waals surface area contributed by atoms with Crippen LogP contribution in [0.4, 0.5) is 4.79 Å². The van der Waals surface area contributed by atoms with Crippen LogP contribution in [0.25, 0.3) is 0 Å². The van der Waals surface area contributed by atoms with Gasteiger partial charge in [-0.1, -0.05) is 13.3 Å². The van der Waals surface area contributed by atoms with Crippen LogP contribution < -0.4 is 5.32 Å². The largest absolute Gasteiger partial charge is 0.453 e. The zero-order valence-corrected chi connectivity index (χ0v) is 17.8. The average molecular weight is 402 g/mol. The number of carbonyl (C=O) groups is 3. The maximum atomic E-state index is 11.8. The van der Waals surface area contributed by atoms with Crippen LogP contribution in [-0.2, 0) is 23.8 Å². The van der Waals surface area contributed by atoms with Gasteiger partial charge in [0.15, 0.2) is 0 Å². The smallest absolute Gasteiger partial charge is 0.406 e. The van der Waals surface area contributed by atoms with Crippen LogP contribution in [0, 0.1) is 0 Å². The number of alkyl carbamates (subject to hydrolysis) is 1. The van der Waals surface area contributed by atoms with Crippen molar-refractivity contribution < 1.29 is 28.6 Å². The third kappa shape index (κ3) is 19.3. The molecule has 0 bridgehead atoms.